The molecule has 0 spiro atoms. The summed E-state index contributed by atoms with van der Waals surface area (Å²) in [5.74, 6) is 1.32. The fraction of sp³-hybridized carbons (Fsp3) is 0.636. The molecule has 3 rings (SSSR count). The smallest absolute Gasteiger partial charge is 0.228 e. The molecule has 1 aromatic rings. The van der Waals surface area contributed by atoms with Crippen LogP contribution in [0.5, 0.6) is 0 Å². The number of nitrogens with zero attached hydrogens (tertiary/aromatic N) is 1. The van der Waals surface area contributed by atoms with Crippen LogP contribution in [0.1, 0.15) is 52.9 Å². The monoisotopic (exact) mass is 356 g/mol. The maximum atomic E-state index is 13.2. The van der Waals surface area contributed by atoms with Crippen molar-refractivity contribution in [2.45, 2.75) is 52.9 Å². The fourth-order valence-electron chi connectivity index (χ4n) is 5.14. The van der Waals surface area contributed by atoms with Gasteiger partial charge in [0.15, 0.2) is 0 Å². The number of likely N-dealkylation sites (tertiary alicyclic amines) is 1. The molecule has 4 nitrogen and oxygen atoms in total. The highest BCUT2D eigenvalue weighted by Gasteiger charge is 2.46. The molecule has 26 heavy (non-hydrogen) atoms. The predicted molar refractivity (Wildman–Crippen MR) is 105 cm³/mol. The van der Waals surface area contributed by atoms with Crippen LogP contribution in [-0.2, 0) is 9.59 Å². The summed E-state index contributed by atoms with van der Waals surface area (Å²) in [5, 5.41) is 3.16. The number of carbonyl (C=O) groups is 2. The van der Waals surface area contributed by atoms with Gasteiger partial charge in [-0.2, -0.15) is 0 Å². The van der Waals surface area contributed by atoms with Gasteiger partial charge in [-0.3, -0.25) is 9.59 Å². The van der Waals surface area contributed by atoms with Crippen molar-refractivity contribution in [3.05, 3.63) is 30.3 Å². The Morgan fingerprint density at radius 1 is 1.08 bits per heavy atom. The van der Waals surface area contributed by atoms with E-state index in [4.69, 9.17) is 0 Å². The van der Waals surface area contributed by atoms with Crippen molar-refractivity contribution < 1.29 is 9.59 Å². The molecule has 1 aliphatic heterocycles. The van der Waals surface area contributed by atoms with E-state index in [-0.39, 0.29) is 23.1 Å². The molecule has 0 radical (unpaired) electrons. The van der Waals surface area contributed by atoms with E-state index in [0.717, 1.165) is 44.5 Å². The molecule has 2 aliphatic rings. The molecule has 2 unspecified atom stereocenters. The number of amides is 2. The van der Waals surface area contributed by atoms with Crippen LogP contribution in [0.3, 0.4) is 0 Å². The number of piperidine rings is 1. The molecule has 1 N–H and O–H groups in total. The Morgan fingerprint density at radius 3 is 2.35 bits per heavy atom. The topological polar surface area (TPSA) is 49.4 Å². The second-order valence-corrected chi connectivity index (χ2v) is 8.72. The highest BCUT2D eigenvalue weighted by molar-refractivity contribution is 5.93. The van der Waals surface area contributed by atoms with Gasteiger partial charge >= 0.3 is 0 Å². The number of hydrogen-bond donors (Lipinski definition) is 1. The molecule has 0 bridgehead atoms. The van der Waals surface area contributed by atoms with E-state index in [1.54, 1.807) is 6.92 Å². The number of rotatable bonds is 3. The molecule has 2 atom stereocenters. The minimum absolute atomic E-state index is 0.0134. The van der Waals surface area contributed by atoms with Crippen LogP contribution in [0.4, 0.5) is 5.69 Å². The van der Waals surface area contributed by atoms with E-state index in [1.165, 1.54) is 6.42 Å². The quantitative estimate of drug-likeness (QED) is 0.876. The molecule has 0 aromatic heterocycles. The van der Waals surface area contributed by atoms with Crippen LogP contribution in [0.25, 0.3) is 0 Å². The summed E-state index contributed by atoms with van der Waals surface area (Å²) in [4.78, 5) is 26.8. The van der Waals surface area contributed by atoms with Gasteiger partial charge in [0.1, 0.15) is 0 Å². The number of anilines is 1. The normalized spacial score (nSPS) is 26.3. The summed E-state index contributed by atoms with van der Waals surface area (Å²) in [7, 11) is 0. The fourth-order valence-corrected chi connectivity index (χ4v) is 5.14. The van der Waals surface area contributed by atoms with Gasteiger partial charge in [-0.05, 0) is 55.1 Å². The molecular formula is C22H32N2O2. The minimum Gasteiger partial charge on any atom is -0.343 e. The van der Waals surface area contributed by atoms with Gasteiger partial charge in [0, 0.05) is 31.6 Å². The summed E-state index contributed by atoms with van der Waals surface area (Å²) in [6.45, 7) is 7.83. The lowest BCUT2D eigenvalue weighted by molar-refractivity contribution is -0.134. The van der Waals surface area contributed by atoms with Gasteiger partial charge < -0.3 is 10.2 Å². The highest BCUT2D eigenvalue weighted by atomic mass is 16.2. The summed E-state index contributed by atoms with van der Waals surface area (Å²) in [6, 6.07) is 9.78. The molecule has 1 aliphatic carbocycles. The molecule has 2 fully saturated rings. The zero-order valence-electron chi connectivity index (χ0n) is 16.3. The SMILES string of the molecule is CC(=O)N1CCC(C2CCCC(C)(C)C2C(=O)Nc2ccccc2)CC1. The van der Waals surface area contributed by atoms with E-state index in [9.17, 15) is 9.59 Å². The maximum Gasteiger partial charge on any atom is 0.228 e. The summed E-state index contributed by atoms with van der Waals surface area (Å²) < 4.78 is 0. The molecule has 1 heterocycles. The molecule has 2 amide bonds. The van der Waals surface area contributed by atoms with Gasteiger partial charge in [0.2, 0.25) is 11.8 Å². The highest BCUT2D eigenvalue weighted by Crippen LogP contribution is 2.49. The Morgan fingerprint density at radius 2 is 1.73 bits per heavy atom. The Kier molecular flexibility index (Phi) is 5.69. The van der Waals surface area contributed by atoms with E-state index < -0.39 is 0 Å². The Labute approximate surface area is 157 Å². The number of carbonyl (C=O) groups excluding carboxylic acids is 2. The first-order chi connectivity index (χ1) is 12.4. The second kappa shape index (κ2) is 7.81. The van der Waals surface area contributed by atoms with Crippen LogP contribution in [0.15, 0.2) is 30.3 Å². The first-order valence-electron chi connectivity index (χ1n) is 10.00. The summed E-state index contributed by atoms with van der Waals surface area (Å²) in [6.07, 6.45) is 5.47. The van der Waals surface area contributed by atoms with E-state index in [2.05, 4.69) is 19.2 Å². The molecule has 142 valence electrons. The van der Waals surface area contributed by atoms with Gasteiger partial charge in [0.05, 0.1) is 0 Å². The van der Waals surface area contributed by atoms with E-state index in [0.29, 0.717) is 11.8 Å². The lowest BCUT2D eigenvalue weighted by Gasteiger charge is -2.47. The van der Waals surface area contributed by atoms with Crippen LogP contribution >= 0.6 is 0 Å². The zero-order chi connectivity index (χ0) is 18.7. The van der Waals surface area contributed by atoms with Crippen molar-refractivity contribution in [2.75, 3.05) is 18.4 Å². The average Bonchev–Trinajstić information content (AvgIpc) is 2.61. The number of hydrogen-bond acceptors (Lipinski definition) is 2. The van der Waals surface area contributed by atoms with Gasteiger partial charge in [0.25, 0.3) is 0 Å². The Balaban J connectivity index is 1.75. The lowest BCUT2D eigenvalue weighted by Crippen LogP contribution is -2.48. The second-order valence-electron chi connectivity index (χ2n) is 8.72. The lowest BCUT2D eigenvalue weighted by atomic mass is 9.59. The van der Waals surface area contributed by atoms with Gasteiger partial charge in [-0.15, -0.1) is 0 Å². The van der Waals surface area contributed by atoms with Crippen molar-refractivity contribution in [3.63, 3.8) is 0 Å². The van der Waals surface area contributed by atoms with Crippen LogP contribution in [-0.4, -0.2) is 29.8 Å². The molecule has 1 saturated carbocycles. The summed E-state index contributed by atoms with van der Waals surface area (Å²) >= 11 is 0. The molecule has 1 saturated heterocycles. The minimum atomic E-state index is 0.0134. The third kappa shape index (κ3) is 4.11. The third-order valence-electron chi connectivity index (χ3n) is 6.54. The number of nitrogens with one attached hydrogen (secondary N) is 1. The van der Waals surface area contributed by atoms with Gasteiger partial charge in [-0.1, -0.05) is 38.5 Å². The van der Waals surface area contributed by atoms with Crippen molar-refractivity contribution >= 4 is 17.5 Å². The van der Waals surface area contributed by atoms with Crippen molar-refractivity contribution in [2.24, 2.45) is 23.2 Å². The van der Waals surface area contributed by atoms with Crippen molar-refractivity contribution in [3.8, 4) is 0 Å². The number of para-hydroxylation sites is 1. The Hall–Kier alpha value is -1.84. The van der Waals surface area contributed by atoms with E-state index in [1.807, 2.05) is 35.2 Å². The standard InChI is InChI=1S/C22H32N2O2/c1-16(25)24-14-11-17(12-15-24)19-10-7-13-22(2,3)20(19)21(26)23-18-8-5-4-6-9-18/h4-6,8-9,17,19-20H,7,10-15H2,1-3H3,(H,23,26). The number of benzene rings is 1. The Bertz CT molecular complexity index is 633. The largest absolute Gasteiger partial charge is 0.343 e. The van der Waals surface area contributed by atoms with E-state index >= 15 is 0 Å². The maximum absolute atomic E-state index is 13.2. The van der Waals surface area contributed by atoms with Crippen LogP contribution < -0.4 is 5.32 Å². The molecule has 1 aromatic carbocycles. The molecule has 4 heteroatoms. The average molecular weight is 357 g/mol. The zero-order valence-corrected chi connectivity index (χ0v) is 16.3. The first-order valence-corrected chi connectivity index (χ1v) is 10.00. The van der Waals surface area contributed by atoms with Gasteiger partial charge in [-0.25, -0.2) is 0 Å². The third-order valence-corrected chi connectivity index (χ3v) is 6.54. The summed E-state index contributed by atoms with van der Waals surface area (Å²) in [5.41, 5.74) is 0.892. The van der Waals surface area contributed by atoms with Crippen LogP contribution in [0, 0.1) is 23.2 Å². The molecular weight excluding hydrogens is 324 g/mol. The van der Waals surface area contributed by atoms with Crippen molar-refractivity contribution in [1.82, 2.24) is 4.90 Å². The predicted octanol–water partition coefficient (Wildman–Crippen LogP) is 4.33. The first kappa shape index (κ1) is 18.9. The van der Waals surface area contributed by atoms with Crippen LogP contribution in [0.2, 0.25) is 0 Å². The van der Waals surface area contributed by atoms with Crippen molar-refractivity contribution in [1.29, 1.82) is 0 Å².